The first-order valence-corrected chi connectivity index (χ1v) is 5.33. The molecule has 0 radical (unpaired) electrons. The van der Waals surface area contributed by atoms with E-state index >= 15 is 0 Å². The first-order chi connectivity index (χ1) is 7.58. The lowest BCUT2D eigenvalue weighted by Gasteiger charge is -2.40. The second-order valence-electron chi connectivity index (χ2n) is 4.23. The van der Waals surface area contributed by atoms with Gasteiger partial charge >= 0.3 is 0 Å². The molecule has 0 heterocycles. The normalized spacial score (nSPS) is 18.3. The van der Waals surface area contributed by atoms with Crippen molar-refractivity contribution in [3.63, 3.8) is 0 Å². The zero-order valence-corrected chi connectivity index (χ0v) is 9.17. The third kappa shape index (κ3) is 1.67. The van der Waals surface area contributed by atoms with Crippen LogP contribution in [0.25, 0.3) is 0 Å². The molecule has 2 nitrogen and oxygen atoms in total. The molecular formula is C12H15F2NO. The van der Waals surface area contributed by atoms with Gasteiger partial charge in [-0.1, -0.05) is 12.1 Å². The molecule has 1 fully saturated rings. The molecule has 0 aromatic heterocycles. The maximum absolute atomic E-state index is 13.0. The van der Waals surface area contributed by atoms with Gasteiger partial charge in [0.25, 0.3) is 6.43 Å². The molecule has 2 N–H and O–H groups in total. The van der Waals surface area contributed by atoms with E-state index in [1.165, 1.54) is 7.11 Å². The zero-order valence-electron chi connectivity index (χ0n) is 9.17. The lowest BCUT2D eigenvalue weighted by atomic mass is 9.71. The summed E-state index contributed by atoms with van der Waals surface area (Å²) in [7, 11) is 1.40. The number of alkyl halides is 2. The molecule has 0 bridgehead atoms. The van der Waals surface area contributed by atoms with Crippen molar-refractivity contribution in [3.8, 4) is 5.75 Å². The second kappa shape index (κ2) is 4.01. The lowest BCUT2D eigenvalue weighted by Crippen LogP contribution is -2.44. The Morgan fingerprint density at radius 2 is 2.06 bits per heavy atom. The van der Waals surface area contributed by atoms with E-state index in [0.717, 1.165) is 19.3 Å². The monoisotopic (exact) mass is 227 g/mol. The van der Waals surface area contributed by atoms with Crippen LogP contribution in [-0.2, 0) is 5.54 Å². The van der Waals surface area contributed by atoms with Crippen molar-refractivity contribution >= 4 is 0 Å². The van der Waals surface area contributed by atoms with Crippen molar-refractivity contribution in [1.82, 2.24) is 0 Å². The van der Waals surface area contributed by atoms with Gasteiger partial charge in [0, 0.05) is 5.54 Å². The van der Waals surface area contributed by atoms with Gasteiger partial charge in [0.05, 0.1) is 12.7 Å². The number of benzene rings is 1. The van der Waals surface area contributed by atoms with Gasteiger partial charge in [0.1, 0.15) is 5.75 Å². The van der Waals surface area contributed by atoms with Gasteiger partial charge < -0.3 is 10.5 Å². The quantitative estimate of drug-likeness (QED) is 0.861. The molecule has 0 atom stereocenters. The fourth-order valence-corrected chi connectivity index (χ4v) is 2.21. The Morgan fingerprint density at radius 3 is 2.50 bits per heavy atom. The van der Waals surface area contributed by atoms with Crippen LogP contribution in [0.2, 0.25) is 0 Å². The van der Waals surface area contributed by atoms with Crippen LogP contribution in [0.4, 0.5) is 8.78 Å². The van der Waals surface area contributed by atoms with Crippen molar-refractivity contribution in [2.24, 2.45) is 5.73 Å². The number of ether oxygens (including phenoxy) is 1. The maximum atomic E-state index is 13.0. The van der Waals surface area contributed by atoms with Gasteiger partial charge in [-0.3, -0.25) is 0 Å². The largest absolute Gasteiger partial charge is 0.496 e. The van der Waals surface area contributed by atoms with E-state index in [-0.39, 0.29) is 11.3 Å². The molecule has 2 rings (SSSR count). The number of hydrogen-bond donors (Lipinski definition) is 1. The van der Waals surface area contributed by atoms with E-state index < -0.39 is 12.0 Å². The van der Waals surface area contributed by atoms with Gasteiger partial charge in [-0.15, -0.1) is 0 Å². The van der Waals surface area contributed by atoms with Gasteiger partial charge in [0.15, 0.2) is 0 Å². The number of hydrogen-bond acceptors (Lipinski definition) is 2. The Balaban J connectivity index is 2.51. The van der Waals surface area contributed by atoms with E-state index in [2.05, 4.69) is 0 Å². The Bertz CT molecular complexity index is 389. The first-order valence-electron chi connectivity index (χ1n) is 5.33. The number of rotatable bonds is 3. The summed E-state index contributed by atoms with van der Waals surface area (Å²) in [5.74, 6) is 0.226. The van der Waals surface area contributed by atoms with Crippen molar-refractivity contribution in [3.05, 3.63) is 29.3 Å². The van der Waals surface area contributed by atoms with Crippen molar-refractivity contribution in [2.45, 2.75) is 31.2 Å². The van der Waals surface area contributed by atoms with Crippen LogP contribution in [0.5, 0.6) is 5.75 Å². The first kappa shape index (κ1) is 11.3. The van der Waals surface area contributed by atoms with Crippen molar-refractivity contribution in [2.75, 3.05) is 7.11 Å². The van der Waals surface area contributed by atoms with E-state index in [0.29, 0.717) is 5.56 Å². The molecule has 88 valence electrons. The van der Waals surface area contributed by atoms with Crippen LogP contribution >= 0.6 is 0 Å². The molecule has 0 amide bonds. The van der Waals surface area contributed by atoms with Gasteiger partial charge in [-0.05, 0) is 30.9 Å². The molecule has 1 aliphatic carbocycles. The van der Waals surface area contributed by atoms with Gasteiger partial charge in [-0.2, -0.15) is 0 Å². The minimum atomic E-state index is -2.55. The second-order valence-corrected chi connectivity index (χ2v) is 4.23. The van der Waals surface area contributed by atoms with Gasteiger partial charge in [0.2, 0.25) is 0 Å². The summed E-state index contributed by atoms with van der Waals surface area (Å²) in [6.45, 7) is 0. The third-order valence-electron chi connectivity index (χ3n) is 3.29. The Labute approximate surface area is 93.4 Å². The average Bonchev–Trinajstić information content (AvgIpc) is 2.24. The summed E-state index contributed by atoms with van der Waals surface area (Å²) >= 11 is 0. The summed E-state index contributed by atoms with van der Waals surface area (Å²) in [6, 6.07) is 4.95. The molecule has 1 aromatic rings. The van der Waals surface area contributed by atoms with E-state index in [4.69, 9.17) is 10.5 Å². The van der Waals surface area contributed by atoms with Crippen molar-refractivity contribution < 1.29 is 13.5 Å². The highest BCUT2D eigenvalue weighted by atomic mass is 19.3. The Hall–Kier alpha value is -1.16. The average molecular weight is 227 g/mol. The molecule has 1 aliphatic rings. The SMILES string of the molecule is COc1cccc(C2(N)CCC2)c1C(F)F. The third-order valence-corrected chi connectivity index (χ3v) is 3.29. The van der Waals surface area contributed by atoms with Crippen LogP contribution in [0, 0.1) is 0 Å². The predicted octanol–water partition coefficient (Wildman–Crippen LogP) is 2.97. The highest BCUT2D eigenvalue weighted by Crippen LogP contribution is 2.45. The Morgan fingerprint density at radius 1 is 1.38 bits per heavy atom. The molecular weight excluding hydrogens is 212 g/mol. The van der Waals surface area contributed by atoms with Crippen LogP contribution in [-0.4, -0.2) is 7.11 Å². The topological polar surface area (TPSA) is 35.2 Å². The number of halogens is 2. The van der Waals surface area contributed by atoms with Crippen LogP contribution in [0.15, 0.2) is 18.2 Å². The molecule has 1 aromatic carbocycles. The number of nitrogens with two attached hydrogens (primary N) is 1. The Kier molecular flexibility index (Phi) is 2.84. The summed E-state index contributed by atoms with van der Waals surface area (Å²) < 4.78 is 31.0. The molecule has 16 heavy (non-hydrogen) atoms. The smallest absolute Gasteiger partial charge is 0.267 e. The fraction of sp³-hybridized carbons (Fsp3) is 0.500. The summed E-state index contributed by atoms with van der Waals surface area (Å²) in [5.41, 5.74) is 6.00. The lowest BCUT2D eigenvalue weighted by molar-refractivity contribution is 0.139. The van der Waals surface area contributed by atoms with Crippen LogP contribution in [0.1, 0.15) is 36.8 Å². The molecule has 0 aliphatic heterocycles. The molecule has 4 heteroatoms. The molecule has 0 saturated heterocycles. The minimum Gasteiger partial charge on any atom is -0.496 e. The van der Waals surface area contributed by atoms with E-state index in [9.17, 15) is 8.78 Å². The van der Waals surface area contributed by atoms with Crippen LogP contribution in [0.3, 0.4) is 0 Å². The maximum Gasteiger partial charge on any atom is 0.267 e. The number of methoxy groups -OCH3 is 1. The summed E-state index contributed by atoms with van der Waals surface area (Å²) in [5, 5.41) is 0. The van der Waals surface area contributed by atoms with Crippen LogP contribution < -0.4 is 10.5 Å². The fourth-order valence-electron chi connectivity index (χ4n) is 2.21. The standard InChI is InChI=1S/C12H15F2NO/c1-16-9-5-2-4-8(10(9)11(13)14)12(15)6-3-7-12/h2,4-5,11H,3,6-7,15H2,1H3. The highest BCUT2D eigenvalue weighted by Gasteiger charge is 2.38. The summed E-state index contributed by atoms with van der Waals surface area (Å²) in [6.07, 6.45) is -0.0249. The summed E-state index contributed by atoms with van der Waals surface area (Å²) in [4.78, 5) is 0. The zero-order chi connectivity index (χ0) is 11.8. The molecule has 1 saturated carbocycles. The van der Waals surface area contributed by atoms with Gasteiger partial charge in [-0.25, -0.2) is 8.78 Å². The highest BCUT2D eigenvalue weighted by molar-refractivity contribution is 5.45. The minimum absolute atomic E-state index is 0.0489. The van der Waals surface area contributed by atoms with Crippen molar-refractivity contribution in [1.29, 1.82) is 0 Å². The van der Waals surface area contributed by atoms with E-state index in [1.54, 1.807) is 18.2 Å². The van der Waals surface area contributed by atoms with E-state index in [1.807, 2.05) is 0 Å². The predicted molar refractivity (Wildman–Crippen MR) is 57.7 cm³/mol. The molecule has 0 unspecified atom stereocenters. The molecule has 0 spiro atoms.